The number of halogens is 4. The van der Waals surface area contributed by atoms with Crippen molar-refractivity contribution < 1.29 is 18.0 Å². The Bertz CT molecular complexity index is 1240. The van der Waals surface area contributed by atoms with E-state index in [9.17, 15) is 18.0 Å². The van der Waals surface area contributed by atoms with Gasteiger partial charge in [0.25, 0.3) is 0 Å². The minimum Gasteiger partial charge on any atom is -0.349 e. The van der Waals surface area contributed by atoms with E-state index in [2.05, 4.69) is 15.0 Å². The normalized spacial score (nSPS) is 19.3. The molecule has 1 saturated heterocycles. The molecule has 0 aliphatic carbocycles. The van der Waals surface area contributed by atoms with E-state index >= 15 is 0 Å². The van der Waals surface area contributed by atoms with Crippen molar-refractivity contribution >= 4 is 33.8 Å². The monoisotopic (exact) mass is 463 g/mol. The summed E-state index contributed by atoms with van der Waals surface area (Å²) in [7, 11) is 0. The van der Waals surface area contributed by atoms with E-state index in [1.165, 1.54) is 34.1 Å². The van der Waals surface area contributed by atoms with Crippen LogP contribution in [0.5, 0.6) is 0 Å². The van der Waals surface area contributed by atoms with Gasteiger partial charge in [0.2, 0.25) is 0 Å². The molecule has 2 atom stereocenters. The van der Waals surface area contributed by atoms with E-state index in [0.717, 1.165) is 6.20 Å². The van der Waals surface area contributed by atoms with Crippen LogP contribution in [0.25, 0.3) is 16.9 Å². The van der Waals surface area contributed by atoms with E-state index < -0.39 is 17.1 Å². The van der Waals surface area contributed by atoms with Gasteiger partial charge in [0.1, 0.15) is 18.0 Å². The zero-order valence-electron chi connectivity index (χ0n) is 17.0. The fourth-order valence-electron chi connectivity index (χ4n) is 3.94. The van der Waals surface area contributed by atoms with Crippen molar-refractivity contribution in [1.82, 2.24) is 24.4 Å². The molecule has 1 unspecified atom stereocenters. The van der Waals surface area contributed by atoms with Crippen LogP contribution in [-0.2, 0) is 6.18 Å². The first-order chi connectivity index (χ1) is 15.1. The molecule has 8 nitrogen and oxygen atoms in total. The Hall–Kier alpha value is -3.39. The third kappa shape index (κ3) is 3.71. The quantitative estimate of drug-likeness (QED) is 0.422. The number of piperazine rings is 1. The summed E-state index contributed by atoms with van der Waals surface area (Å²) in [4.78, 5) is 27.3. The number of hydrogen-bond donors (Lipinski definition) is 0. The number of nitrogens with zero attached hydrogens (tertiary/aromatic N) is 7. The van der Waals surface area contributed by atoms with Crippen molar-refractivity contribution in [2.24, 2.45) is 0 Å². The maximum atomic E-state index is 14.1. The molecule has 0 spiro atoms. The van der Waals surface area contributed by atoms with Crippen molar-refractivity contribution in [3.63, 3.8) is 0 Å². The number of rotatable bonds is 2. The van der Waals surface area contributed by atoms with Crippen molar-refractivity contribution in [3.8, 4) is 11.9 Å². The number of nitriles is 1. The van der Waals surface area contributed by atoms with E-state index in [-0.39, 0.29) is 53.4 Å². The van der Waals surface area contributed by atoms with E-state index in [1.54, 1.807) is 18.7 Å². The number of hydrogen-bond acceptors (Lipinski definition) is 6. The molecule has 0 N–H and O–H groups in total. The second-order valence-electron chi connectivity index (χ2n) is 7.58. The van der Waals surface area contributed by atoms with Crippen molar-refractivity contribution in [1.29, 1.82) is 5.26 Å². The summed E-state index contributed by atoms with van der Waals surface area (Å²) >= 11 is 5.65. The van der Waals surface area contributed by atoms with Crippen LogP contribution in [0.1, 0.15) is 25.0 Å². The molecule has 1 fully saturated rings. The fraction of sp³-hybridized carbons (Fsp3) is 0.350. The zero-order valence-corrected chi connectivity index (χ0v) is 17.8. The summed E-state index contributed by atoms with van der Waals surface area (Å²) in [6, 6.07) is 4.13. The van der Waals surface area contributed by atoms with Gasteiger partial charge in [-0.1, -0.05) is 0 Å². The summed E-state index contributed by atoms with van der Waals surface area (Å²) < 4.78 is 43.4. The number of carbonyl (C=O) groups excluding carboxylic acids is 1. The number of pyridine rings is 1. The van der Waals surface area contributed by atoms with Gasteiger partial charge in [-0.15, -0.1) is 0 Å². The molecule has 4 rings (SSSR count). The second kappa shape index (κ2) is 7.94. The Kier molecular flexibility index (Phi) is 5.42. The lowest BCUT2D eigenvalue weighted by Crippen LogP contribution is -2.57. The first-order valence-corrected chi connectivity index (χ1v) is 10.0. The topological polar surface area (TPSA) is 90.9 Å². The highest BCUT2D eigenvalue weighted by Gasteiger charge is 2.39. The number of carbonyl (C=O) groups is 1. The second-order valence-corrected chi connectivity index (χ2v) is 7.90. The van der Waals surface area contributed by atoms with Crippen molar-refractivity contribution in [3.05, 3.63) is 42.0 Å². The molecule has 0 radical (unpaired) electrons. The molecule has 1 aliphatic heterocycles. The maximum absolute atomic E-state index is 14.1. The van der Waals surface area contributed by atoms with Crippen LogP contribution >= 0.6 is 11.6 Å². The zero-order chi connectivity index (χ0) is 23.2. The van der Waals surface area contributed by atoms with Crippen LogP contribution in [0.15, 0.2) is 30.9 Å². The molecule has 12 heteroatoms. The fourth-order valence-corrected chi connectivity index (χ4v) is 4.17. The van der Waals surface area contributed by atoms with Gasteiger partial charge < -0.3 is 9.80 Å². The molecule has 0 saturated carbocycles. The Morgan fingerprint density at radius 2 is 1.97 bits per heavy atom. The smallest absolute Gasteiger partial charge is 0.349 e. The predicted molar refractivity (Wildman–Crippen MR) is 111 cm³/mol. The minimum atomic E-state index is -4.68. The Morgan fingerprint density at radius 1 is 1.22 bits per heavy atom. The SMILES string of the molecule is CC1CN(C(=O)Cl)[C@@H](C)CN1c1ncnc2c1c(C(F)(F)F)cn2-c1cc(C#N)ccn1. The van der Waals surface area contributed by atoms with E-state index in [0.29, 0.717) is 0 Å². The Labute approximate surface area is 185 Å². The average molecular weight is 464 g/mol. The number of aromatic nitrogens is 4. The Balaban J connectivity index is 1.91. The molecule has 1 amide bonds. The van der Waals surface area contributed by atoms with E-state index in [4.69, 9.17) is 16.9 Å². The summed E-state index contributed by atoms with van der Waals surface area (Å²) in [5.74, 6) is 0.242. The molecule has 3 aromatic heterocycles. The van der Waals surface area contributed by atoms with Gasteiger partial charge in [-0.2, -0.15) is 18.4 Å². The molecule has 1 aliphatic rings. The van der Waals surface area contributed by atoms with Gasteiger partial charge in [-0.3, -0.25) is 9.36 Å². The predicted octanol–water partition coefficient (Wildman–Crippen LogP) is 3.96. The van der Waals surface area contributed by atoms with Gasteiger partial charge in [0, 0.05) is 37.6 Å². The highest BCUT2D eigenvalue weighted by atomic mass is 35.5. The van der Waals surface area contributed by atoms with Gasteiger partial charge in [0.05, 0.1) is 22.6 Å². The molecular weight excluding hydrogens is 447 g/mol. The van der Waals surface area contributed by atoms with Crippen LogP contribution in [0.3, 0.4) is 0 Å². The lowest BCUT2D eigenvalue weighted by Gasteiger charge is -2.44. The summed E-state index contributed by atoms with van der Waals surface area (Å²) in [6.45, 7) is 4.04. The van der Waals surface area contributed by atoms with Crippen LogP contribution in [0.2, 0.25) is 0 Å². The average Bonchev–Trinajstić information content (AvgIpc) is 3.15. The number of amides is 1. The molecule has 0 aromatic carbocycles. The van der Waals surface area contributed by atoms with Gasteiger partial charge >= 0.3 is 11.5 Å². The number of anilines is 1. The summed E-state index contributed by atoms with van der Waals surface area (Å²) in [5, 5.41) is 8.37. The molecule has 166 valence electrons. The molecular formula is C20H17ClF3N7O. The van der Waals surface area contributed by atoms with Crippen LogP contribution < -0.4 is 4.90 Å². The molecule has 0 bridgehead atoms. The standard InChI is InChI=1S/C20H17ClF3N7O/c1-11-8-30(19(21)32)12(2)7-29(11)17-16-14(20(22,23)24)9-31(18(16)28-10-27-17)15-5-13(6-25)3-4-26-15/h3-5,9-12H,7-8H2,1-2H3/t11?,12-/m0/s1. The highest BCUT2D eigenvalue weighted by molar-refractivity contribution is 6.62. The van der Waals surface area contributed by atoms with Crippen LogP contribution in [0, 0.1) is 11.3 Å². The maximum Gasteiger partial charge on any atom is 0.418 e. The largest absolute Gasteiger partial charge is 0.418 e. The third-order valence-electron chi connectivity index (χ3n) is 5.47. The molecule has 3 aromatic rings. The minimum absolute atomic E-state index is 0.0145. The lowest BCUT2D eigenvalue weighted by atomic mass is 10.1. The first kappa shape index (κ1) is 21.8. The number of fused-ring (bicyclic) bond motifs is 1. The summed E-state index contributed by atoms with van der Waals surface area (Å²) in [6.07, 6.45) is -1.22. The van der Waals surface area contributed by atoms with Crippen LogP contribution in [0.4, 0.5) is 23.8 Å². The highest BCUT2D eigenvalue weighted by Crippen LogP contribution is 2.41. The van der Waals surface area contributed by atoms with Crippen molar-refractivity contribution in [2.75, 3.05) is 18.0 Å². The van der Waals surface area contributed by atoms with Gasteiger partial charge in [0.15, 0.2) is 5.65 Å². The van der Waals surface area contributed by atoms with Crippen LogP contribution in [-0.4, -0.2) is 55.0 Å². The Morgan fingerprint density at radius 3 is 2.62 bits per heavy atom. The first-order valence-electron chi connectivity index (χ1n) is 9.64. The van der Waals surface area contributed by atoms with E-state index in [1.807, 2.05) is 6.07 Å². The summed E-state index contributed by atoms with van der Waals surface area (Å²) in [5.41, 5.74) is -0.646. The molecule has 4 heterocycles. The number of alkyl halides is 3. The van der Waals surface area contributed by atoms with Gasteiger partial charge in [-0.25, -0.2) is 15.0 Å². The molecule has 32 heavy (non-hydrogen) atoms. The third-order valence-corrected chi connectivity index (χ3v) is 5.69. The van der Waals surface area contributed by atoms with Gasteiger partial charge in [-0.05, 0) is 37.6 Å². The van der Waals surface area contributed by atoms with Crippen molar-refractivity contribution in [2.45, 2.75) is 32.1 Å². The lowest BCUT2D eigenvalue weighted by molar-refractivity contribution is -0.136.